The van der Waals surface area contributed by atoms with Crippen LogP contribution >= 0.6 is 0 Å². The van der Waals surface area contributed by atoms with Gasteiger partial charge in [0.05, 0.1) is 12.0 Å². The zero-order chi connectivity index (χ0) is 10.6. The standard InChI is InChI=1S/C12H22N2/c1-4-12(3,5-2)14-11-8-6-7-10(11)9-13/h10-11,14H,4-8H2,1-3H3. The number of rotatable bonds is 4. The van der Waals surface area contributed by atoms with Crippen molar-refractivity contribution < 1.29 is 0 Å². The number of nitriles is 1. The molecule has 0 heterocycles. The number of nitrogens with one attached hydrogen (secondary N) is 1. The highest BCUT2D eigenvalue weighted by molar-refractivity contribution is 4.99. The fourth-order valence-corrected chi connectivity index (χ4v) is 2.19. The Kier molecular flexibility index (Phi) is 3.95. The second-order valence-electron chi connectivity index (χ2n) is 4.69. The SMILES string of the molecule is CCC(C)(CC)NC1CCCC1C#N. The van der Waals surface area contributed by atoms with Crippen molar-refractivity contribution in [2.24, 2.45) is 5.92 Å². The van der Waals surface area contributed by atoms with Crippen LogP contribution in [0.25, 0.3) is 0 Å². The molecule has 80 valence electrons. The van der Waals surface area contributed by atoms with E-state index in [-0.39, 0.29) is 11.5 Å². The van der Waals surface area contributed by atoms with E-state index in [1.54, 1.807) is 0 Å². The highest BCUT2D eigenvalue weighted by atomic mass is 15.0. The lowest BCUT2D eigenvalue weighted by Gasteiger charge is -2.33. The molecule has 1 fully saturated rings. The van der Waals surface area contributed by atoms with Crippen LogP contribution in [0.2, 0.25) is 0 Å². The Labute approximate surface area is 87.7 Å². The molecule has 1 rings (SSSR count). The average Bonchev–Trinajstić information content (AvgIpc) is 2.65. The normalized spacial score (nSPS) is 27.6. The molecule has 2 unspecified atom stereocenters. The van der Waals surface area contributed by atoms with Crippen LogP contribution in [0.15, 0.2) is 0 Å². The summed E-state index contributed by atoms with van der Waals surface area (Å²) in [7, 11) is 0. The van der Waals surface area contributed by atoms with Gasteiger partial charge in [0.25, 0.3) is 0 Å². The van der Waals surface area contributed by atoms with Crippen molar-refractivity contribution in [3.63, 3.8) is 0 Å². The molecule has 0 radical (unpaired) electrons. The predicted octanol–water partition coefficient (Wildman–Crippen LogP) is 2.85. The largest absolute Gasteiger partial charge is 0.307 e. The van der Waals surface area contributed by atoms with Gasteiger partial charge in [-0.1, -0.05) is 20.3 Å². The fourth-order valence-electron chi connectivity index (χ4n) is 2.19. The molecule has 0 aromatic carbocycles. The summed E-state index contributed by atoms with van der Waals surface area (Å²) in [5, 5.41) is 12.7. The van der Waals surface area contributed by atoms with E-state index in [0.29, 0.717) is 6.04 Å². The Morgan fingerprint density at radius 3 is 2.50 bits per heavy atom. The molecule has 0 aromatic heterocycles. The van der Waals surface area contributed by atoms with Gasteiger partial charge >= 0.3 is 0 Å². The minimum Gasteiger partial charge on any atom is -0.307 e. The van der Waals surface area contributed by atoms with Crippen LogP contribution in [0.5, 0.6) is 0 Å². The van der Waals surface area contributed by atoms with Crippen LogP contribution in [-0.4, -0.2) is 11.6 Å². The third kappa shape index (κ3) is 2.48. The Balaban J connectivity index is 2.54. The van der Waals surface area contributed by atoms with E-state index >= 15 is 0 Å². The van der Waals surface area contributed by atoms with E-state index in [4.69, 9.17) is 5.26 Å². The molecule has 0 bridgehead atoms. The topological polar surface area (TPSA) is 35.8 Å². The molecule has 0 aromatic rings. The van der Waals surface area contributed by atoms with Gasteiger partial charge in [0, 0.05) is 11.6 Å². The zero-order valence-corrected chi connectivity index (χ0v) is 9.64. The van der Waals surface area contributed by atoms with Crippen molar-refractivity contribution in [2.75, 3.05) is 0 Å². The maximum Gasteiger partial charge on any atom is 0.0672 e. The first kappa shape index (κ1) is 11.5. The first-order valence-electron chi connectivity index (χ1n) is 5.82. The first-order chi connectivity index (χ1) is 6.65. The molecule has 14 heavy (non-hydrogen) atoms. The van der Waals surface area contributed by atoms with Crippen molar-refractivity contribution in [3.05, 3.63) is 0 Å². The molecule has 1 aliphatic rings. The van der Waals surface area contributed by atoms with Crippen molar-refractivity contribution in [1.82, 2.24) is 5.32 Å². The predicted molar refractivity (Wildman–Crippen MR) is 58.9 cm³/mol. The minimum absolute atomic E-state index is 0.226. The molecular weight excluding hydrogens is 172 g/mol. The van der Waals surface area contributed by atoms with Crippen molar-refractivity contribution in [1.29, 1.82) is 5.26 Å². The molecule has 0 saturated heterocycles. The highest BCUT2D eigenvalue weighted by Crippen LogP contribution is 2.28. The van der Waals surface area contributed by atoms with Crippen LogP contribution in [0, 0.1) is 17.2 Å². The van der Waals surface area contributed by atoms with Gasteiger partial charge in [-0.3, -0.25) is 0 Å². The molecule has 1 saturated carbocycles. The summed E-state index contributed by atoms with van der Waals surface area (Å²) in [6.07, 6.45) is 5.74. The van der Waals surface area contributed by atoms with Gasteiger partial charge in [0.2, 0.25) is 0 Å². The molecule has 0 amide bonds. The monoisotopic (exact) mass is 194 g/mol. The molecular formula is C12H22N2. The zero-order valence-electron chi connectivity index (χ0n) is 9.64. The van der Waals surface area contributed by atoms with Crippen molar-refractivity contribution in [3.8, 4) is 6.07 Å². The number of hydrogen-bond donors (Lipinski definition) is 1. The van der Waals surface area contributed by atoms with E-state index < -0.39 is 0 Å². The van der Waals surface area contributed by atoms with E-state index in [0.717, 1.165) is 19.3 Å². The summed E-state index contributed by atoms with van der Waals surface area (Å²) in [5.41, 5.74) is 0.226. The second kappa shape index (κ2) is 4.79. The lowest BCUT2D eigenvalue weighted by molar-refractivity contribution is 0.274. The van der Waals surface area contributed by atoms with E-state index in [9.17, 15) is 0 Å². The van der Waals surface area contributed by atoms with Crippen LogP contribution in [0.3, 0.4) is 0 Å². The van der Waals surface area contributed by atoms with Crippen LogP contribution < -0.4 is 5.32 Å². The molecule has 2 heteroatoms. The smallest absolute Gasteiger partial charge is 0.0672 e. The molecule has 1 aliphatic carbocycles. The Bertz CT molecular complexity index is 213. The quantitative estimate of drug-likeness (QED) is 0.747. The highest BCUT2D eigenvalue weighted by Gasteiger charge is 2.32. The Morgan fingerprint density at radius 2 is 2.00 bits per heavy atom. The summed E-state index contributed by atoms with van der Waals surface area (Å²) in [6.45, 7) is 6.69. The van der Waals surface area contributed by atoms with E-state index in [1.165, 1.54) is 12.8 Å². The van der Waals surface area contributed by atoms with Gasteiger partial charge in [-0.15, -0.1) is 0 Å². The maximum atomic E-state index is 8.99. The van der Waals surface area contributed by atoms with E-state index in [2.05, 4.69) is 32.2 Å². The van der Waals surface area contributed by atoms with Crippen LogP contribution in [0.4, 0.5) is 0 Å². The van der Waals surface area contributed by atoms with Crippen molar-refractivity contribution in [2.45, 2.75) is 64.5 Å². The molecule has 0 spiro atoms. The van der Waals surface area contributed by atoms with Crippen LogP contribution in [-0.2, 0) is 0 Å². The Hall–Kier alpha value is -0.550. The molecule has 0 aliphatic heterocycles. The number of hydrogen-bond acceptors (Lipinski definition) is 2. The summed E-state index contributed by atoms with van der Waals surface area (Å²) in [6, 6.07) is 2.86. The fraction of sp³-hybridized carbons (Fsp3) is 0.917. The van der Waals surface area contributed by atoms with Gasteiger partial charge in [-0.2, -0.15) is 5.26 Å². The van der Waals surface area contributed by atoms with Gasteiger partial charge in [0.15, 0.2) is 0 Å². The minimum atomic E-state index is 0.226. The third-order valence-corrected chi connectivity index (χ3v) is 3.78. The van der Waals surface area contributed by atoms with E-state index in [1.807, 2.05) is 0 Å². The van der Waals surface area contributed by atoms with Gasteiger partial charge < -0.3 is 5.32 Å². The second-order valence-corrected chi connectivity index (χ2v) is 4.69. The first-order valence-corrected chi connectivity index (χ1v) is 5.82. The average molecular weight is 194 g/mol. The summed E-state index contributed by atoms with van der Waals surface area (Å²) >= 11 is 0. The van der Waals surface area contributed by atoms with Gasteiger partial charge in [0.1, 0.15) is 0 Å². The lowest BCUT2D eigenvalue weighted by Crippen LogP contribution is -2.48. The lowest BCUT2D eigenvalue weighted by atomic mass is 9.92. The number of nitrogens with zero attached hydrogens (tertiary/aromatic N) is 1. The van der Waals surface area contributed by atoms with Gasteiger partial charge in [-0.25, -0.2) is 0 Å². The summed E-state index contributed by atoms with van der Waals surface area (Å²) in [4.78, 5) is 0. The Morgan fingerprint density at radius 1 is 1.36 bits per heavy atom. The van der Waals surface area contributed by atoms with Crippen LogP contribution in [0.1, 0.15) is 52.9 Å². The molecule has 2 nitrogen and oxygen atoms in total. The molecule has 1 N–H and O–H groups in total. The maximum absolute atomic E-state index is 8.99. The third-order valence-electron chi connectivity index (χ3n) is 3.78. The summed E-state index contributed by atoms with van der Waals surface area (Å²) in [5.74, 6) is 0.243. The van der Waals surface area contributed by atoms with Crippen molar-refractivity contribution >= 4 is 0 Å². The molecule has 2 atom stereocenters. The summed E-state index contributed by atoms with van der Waals surface area (Å²) < 4.78 is 0. The van der Waals surface area contributed by atoms with Gasteiger partial charge in [-0.05, 0) is 32.6 Å².